The van der Waals surface area contributed by atoms with Crippen molar-refractivity contribution >= 4 is 27.3 Å². The summed E-state index contributed by atoms with van der Waals surface area (Å²) >= 11 is 5.22. The Bertz CT molecular complexity index is 470. The van der Waals surface area contributed by atoms with Crippen molar-refractivity contribution < 1.29 is 4.74 Å². The first-order valence-corrected chi connectivity index (χ1v) is 7.10. The molecule has 0 unspecified atom stereocenters. The molecule has 0 bridgehead atoms. The predicted octanol–water partition coefficient (Wildman–Crippen LogP) is 3.81. The highest BCUT2D eigenvalue weighted by Gasteiger charge is 2.03. The number of nitrogens with one attached hydrogen (secondary N) is 1. The monoisotopic (exact) mass is 311 g/mol. The Hall–Kier alpha value is -0.840. The van der Waals surface area contributed by atoms with Gasteiger partial charge in [0.15, 0.2) is 0 Å². The van der Waals surface area contributed by atoms with Gasteiger partial charge in [-0.05, 0) is 63.1 Å². The summed E-state index contributed by atoms with van der Waals surface area (Å²) in [5, 5.41) is 7.28. The Labute approximate surface area is 114 Å². The molecule has 0 amide bonds. The molecule has 1 N–H and O–H groups in total. The summed E-state index contributed by atoms with van der Waals surface area (Å²) in [5.74, 6) is 0.885. The Morgan fingerprint density at radius 2 is 2.18 bits per heavy atom. The molecule has 0 aliphatic heterocycles. The lowest BCUT2D eigenvalue weighted by atomic mass is 10.2. The van der Waals surface area contributed by atoms with Crippen molar-refractivity contribution in [3.05, 3.63) is 50.6 Å². The van der Waals surface area contributed by atoms with Gasteiger partial charge in [0.25, 0.3) is 0 Å². The second-order valence-corrected chi connectivity index (χ2v) is 5.35. The van der Waals surface area contributed by atoms with Gasteiger partial charge >= 0.3 is 0 Å². The summed E-state index contributed by atoms with van der Waals surface area (Å²) in [6, 6.07) is 8.24. The van der Waals surface area contributed by atoms with Crippen molar-refractivity contribution in [3.63, 3.8) is 0 Å². The lowest BCUT2D eigenvalue weighted by Gasteiger charge is -2.09. The maximum Gasteiger partial charge on any atom is 0.134 e. The van der Waals surface area contributed by atoms with E-state index >= 15 is 0 Å². The Morgan fingerprint density at radius 1 is 1.29 bits per heavy atom. The van der Waals surface area contributed by atoms with Crippen LogP contribution in [-0.2, 0) is 13.2 Å². The van der Waals surface area contributed by atoms with Crippen LogP contribution in [0.25, 0.3) is 0 Å². The average molecular weight is 312 g/mol. The van der Waals surface area contributed by atoms with Gasteiger partial charge in [-0.3, -0.25) is 0 Å². The van der Waals surface area contributed by atoms with Crippen molar-refractivity contribution in [1.29, 1.82) is 0 Å². The highest BCUT2D eigenvalue weighted by molar-refractivity contribution is 9.10. The van der Waals surface area contributed by atoms with Crippen LogP contribution in [-0.4, -0.2) is 7.05 Å². The largest absolute Gasteiger partial charge is 0.488 e. The molecule has 90 valence electrons. The van der Waals surface area contributed by atoms with E-state index in [-0.39, 0.29) is 0 Å². The van der Waals surface area contributed by atoms with Crippen LogP contribution in [0.2, 0.25) is 0 Å². The molecule has 0 atom stereocenters. The summed E-state index contributed by atoms with van der Waals surface area (Å²) in [5.41, 5.74) is 2.45. The Morgan fingerprint density at radius 3 is 2.82 bits per heavy atom. The SMILES string of the molecule is CNCc1ccc(OCc2ccsc2)c(Br)c1. The molecular formula is C13H14BrNOS. The lowest BCUT2D eigenvalue weighted by Crippen LogP contribution is -2.05. The van der Waals surface area contributed by atoms with Gasteiger partial charge in [-0.15, -0.1) is 0 Å². The van der Waals surface area contributed by atoms with Gasteiger partial charge in [0.05, 0.1) is 4.47 Å². The topological polar surface area (TPSA) is 21.3 Å². The van der Waals surface area contributed by atoms with Crippen molar-refractivity contribution in [2.45, 2.75) is 13.2 Å². The summed E-state index contributed by atoms with van der Waals surface area (Å²) in [6.07, 6.45) is 0. The van der Waals surface area contributed by atoms with Crippen LogP contribution in [0.3, 0.4) is 0 Å². The first-order chi connectivity index (χ1) is 8.29. The number of thiophene rings is 1. The highest BCUT2D eigenvalue weighted by Crippen LogP contribution is 2.27. The fourth-order valence-corrected chi connectivity index (χ4v) is 2.71. The van der Waals surface area contributed by atoms with E-state index in [1.807, 2.05) is 13.1 Å². The molecule has 0 aliphatic rings. The van der Waals surface area contributed by atoms with E-state index < -0.39 is 0 Å². The normalized spacial score (nSPS) is 10.5. The molecule has 1 aromatic carbocycles. The number of hydrogen-bond donors (Lipinski definition) is 1. The highest BCUT2D eigenvalue weighted by atomic mass is 79.9. The zero-order chi connectivity index (χ0) is 12.1. The molecule has 0 radical (unpaired) electrons. The van der Waals surface area contributed by atoms with Gasteiger partial charge < -0.3 is 10.1 Å². The number of hydrogen-bond acceptors (Lipinski definition) is 3. The molecule has 1 aromatic heterocycles. The third-order valence-corrected chi connectivity index (χ3v) is 3.70. The van der Waals surface area contributed by atoms with E-state index in [0.29, 0.717) is 6.61 Å². The van der Waals surface area contributed by atoms with Gasteiger partial charge in [-0.1, -0.05) is 6.07 Å². The van der Waals surface area contributed by atoms with E-state index in [1.54, 1.807) is 11.3 Å². The summed E-state index contributed by atoms with van der Waals surface area (Å²) in [7, 11) is 1.94. The zero-order valence-corrected chi connectivity index (χ0v) is 12.0. The minimum absolute atomic E-state index is 0.619. The average Bonchev–Trinajstić information content (AvgIpc) is 2.81. The molecular weight excluding hydrogens is 298 g/mol. The summed E-state index contributed by atoms with van der Waals surface area (Å²) in [6.45, 7) is 1.48. The Balaban J connectivity index is 2.01. The van der Waals surface area contributed by atoms with E-state index in [9.17, 15) is 0 Å². The minimum Gasteiger partial charge on any atom is -0.488 e. The molecule has 2 rings (SSSR count). The third-order valence-electron chi connectivity index (χ3n) is 2.35. The number of halogens is 1. The second kappa shape index (κ2) is 6.19. The van der Waals surface area contributed by atoms with Crippen LogP contribution in [0.4, 0.5) is 0 Å². The molecule has 0 fully saturated rings. The first kappa shape index (κ1) is 12.6. The predicted molar refractivity (Wildman–Crippen MR) is 75.6 cm³/mol. The van der Waals surface area contributed by atoms with Gasteiger partial charge in [0.1, 0.15) is 12.4 Å². The molecule has 0 saturated heterocycles. The van der Waals surface area contributed by atoms with Crippen LogP contribution in [0.15, 0.2) is 39.5 Å². The fraction of sp³-hybridized carbons (Fsp3) is 0.231. The van der Waals surface area contributed by atoms with E-state index in [0.717, 1.165) is 16.8 Å². The van der Waals surface area contributed by atoms with Gasteiger partial charge in [0.2, 0.25) is 0 Å². The van der Waals surface area contributed by atoms with Crippen molar-refractivity contribution in [2.24, 2.45) is 0 Å². The maximum atomic E-state index is 5.75. The molecule has 2 nitrogen and oxygen atoms in total. The molecule has 2 aromatic rings. The van der Waals surface area contributed by atoms with Crippen molar-refractivity contribution in [3.8, 4) is 5.75 Å². The molecule has 17 heavy (non-hydrogen) atoms. The maximum absolute atomic E-state index is 5.75. The summed E-state index contributed by atoms with van der Waals surface area (Å²) in [4.78, 5) is 0. The standard InChI is InChI=1S/C13H14BrNOS/c1-15-7-10-2-3-13(12(14)6-10)16-8-11-4-5-17-9-11/h2-6,9,15H,7-8H2,1H3. The molecule has 0 spiro atoms. The Kier molecular flexibility index (Phi) is 4.59. The fourth-order valence-electron chi connectivity index (χ4n) is 1.51. The number of ether oxygens (including phenoxy) is 1. The van der Waals surface area contributed by atoms with Gasteiger partial charge in [-0.25, -0.2) is 0 Å². The molecule has 4 heteroatoms. The van der Waals surface area contributed by atoms with Crippen LogP contribution < -0.4 is 10.1 Å². The number of rotatable bonds is 5. The molecule has 1 heterocycles. The lowest BCUT2D eigenvalue weighted by molar-refractivity contribution is 0.304. The van der Waals surface area contributed by atoms with E-state index in [4.69, 9.17) is 4.74 Å². The molecule has 0 aliphatic carbocycles. The second-order valence-electron chi connectivity index (χ2n) is 3.72. The van der Waals surface area contributed by atoms with Crippen LogP contribution in [0.5, 0.6) is 5.75 Å². The smallest absolute Gasteiger partial charge is 0.134 e. The summed E-state index contributed by atoms with van der Waals surface area (Å²) < 4.78 is 6.75. The third kappa shape index (κ3) is 3.56. The number of benzene rings is 1. The quantitative estimate of drug-likeness (QED) is 0.906. The van der Waals surface area contributed by atoms with Crippen molar-refractivity contribution in [2.75, 3.05) is 7.05 Å². The zero-order valence-electron chi connectivity index (χ0n) is 9.57. The first-order valence-electron chi connectivity index (χ1n) is 5.36. The van der Waals surface area contributed by atoms with Gasteiger partial charge in [0, 0.05) is 6.54 Å². The van der Waals surface area contributed by atoms with Crippen LogP contribution in [0.1, 0.15) is 11.1 Å². The van der Waals surface area contributed by atoms with Gasteiger partial charge in [-0.2, -0.15) is 11.3 Å². The molecule has 0 saturated carbocycles. The van der Waals surface area contributed by atoms with Crippen LogP contribution >= 0.6 is 27.3 Å². The van der Waals surface area contributed by atoms with Crippen LogP contribution in [0, 0.1) is 0 Å². The minimum atomic E-state index is 0.619. The van der Waals surface area contributed by atoms with Crippen molar-refractivity contribution in [1.82, 2.24) is 5.32 Å². The van der Waals surface area contributed by atoms with E-state index in [1.165, 1.54) is 11.1 Å². The van der Waals surface area contributed by atoms with E-state index in [2.05, 4.69) is 50.2 Å².